The van der Waals surface area contributed by atoms with E-state index in [1.54, 1.807) is 18.5 Å². The molecule has 2 atom stereocenters. The third kappa shape index (κ3) is 4.09. The molecular formula is C21H26N4O3. The number of anilines is 2. The highest BCUT2D eigenvalue weighted by molar-refractivity contribution is 6.06. The lowest BCUT2D eigenvalue weighted by Crippen LogP contribution is -2.46. The van der Waals surface area contributed by atoms with Gasteiger partial charge in [-0.05, 0) is 51.3 Å². The van der Waals surface area contributed by atoms with Crippen molar-refractivity contribution < 1.29 is 14.3 Å². The molecule has 4 heterocycles. The summed E-state index contributed by atoms with van der Waals surface area (Å²) in [6, 6.07) is 5.52. The molecule has 1 fully saturated rings. The number of ether oxygens (including phenoxy) is 2. The van der Waals surface area contributed by atoms with Crippen LogP contribution in [0.5, 0.6) is 5.88 Å². The van der Waals surface area contributed by atoms with Gasteiger partial charge in [-0.15, -0.1) is 0 Å². The first-order valence-electron chi connectivity index (χ1n) is 9.88. The van der Waals surface area contributed by atoms with Crippen molar-refractivity contribution in [2.24, 2.45) is 0 Å². The average molecular weight is 382 g/mol. The number of nitrogens with zero attached hydrogens (tertiary/aromatic N) is 3. The zero-order valence-electron chi connectivity index (χ0n) is 16.4. The quantitative estimate of drug-likeness (QED) is 0.879. The summed E-state index contributed by atoms with van der Waals surface area (Å²) in [7, 11) is 0. The number of carbonyl (C=O) groups is 1. The van der Waals surface area contributed by atoms with Crippen LogP contribution < -0.4 is 15.0 Å². The molecule has 2 unspecified atom stereocenters. The van der Waals surface area contributed by atoms with E-state index in [2.05, 4.69) is 29.0 Å². The molecule has 7 heteroatoms. The van der Waals surface area contributed by atoms with Crippen molar-refractivity contribution in [3.8, 4) is 5.88 Å². The predicted molar refractivity (Wildman–Crippen MR) is 107 cm³/mol. The van der Waals surface area contributed by atoms with Crippen molar-refractivity contribution in [1.29, 1.82) is 0 Å². The van der Waals surface area contributed by atoms with Gasteiger partial charge in [0.15, 0.2) is 0 Å². The van der Waals surface area contributed by atoms with Crippen LogP contribution in [0.2, 0.25) is 0 Å². The summed E-state index contributed by atoms with van der Waals surface area (Å²) in [6.07, 6.45) is 6.26. The average Bonchev–Trinajstić information content (AvgIpc) is 2.92. The van der Waals surface area contributed by atoms with E-state index in [1.807, 2.05) is 12.1 Å². The van der Waals surface area contributed by atoms with E-state index in [0.29, 0.717) is 23.7 Å². The zero-order chi connectivity index (χ0) is 19.5. The molecule has 0 saturated carbocycles. The lowest BCUT2D eigenvalue weighted by molar-refractivity contribution is -0.00549. The fourth-order valence-electron chi connectivity index (χ4n) is 3.83. The number of hydrogen-bond acceptors (Lipinski definition) is 6. The molecule has 2 aliphatic heterocycles. The van der Waals surface area contributed by atoms with Crippen molar-refractivity contribution in [3.05, 3.63) is 41.7 Å². The van der Waals surface area contributed by atoms with Crippen LogP contribution >= 0.6 is 0 Å². The molecule has 0 bridgehead atoms. The Kier molecular flexibility index (Phi) is 5.43. The first-order chi connectivity index (χ1) is 13.6. The number of hydrogen-bond donors (Lipinski definition) is 1. The van der Waals surface area contributed by atoms with Gasteiger partial charge in [-0.3, -0.25) is 9.78 Å². The summed E-state index contributed by atoms with van der Waals surface area (Å²) in [6.45, 7) is 6.21. The number of morpholine rings is 1. The van der Waals surface area contributed by atoms with Crippen molar-refractivity contribution in [2.45, 2.75) is 45.3 Å². The Labute approximate surface area is 165 Å². The summed E-state index contributed by atoms with van der Waals surface area (Å²) < 4.78 is 11.8. The van der Waals surface area contributed by atoms with Gasteiger partial charge in [0, 0.05) is 24.8 Å². The monoisotopic (exact) mass is 382 g/mol. The minimum atomic E-state index is -0.159. The highest BCUT2D eigenvalue weighted by Gasteiger charge is 2.27. The normalized spacial score (nSPS) is 22.0. The summed E-state index contributed by atoms with van der Waals surface area (Å²) in [5, 5.41) is 2.95. The molecule has 0 radical (unpaired) electrons. The Morgan fingerprint density at radius 3 is 2.82 bits per heavy atom. The van der Waals surface area contributed by atoms with E-state index in [4.69, 9.17) is 14.5 Å². The standard InChI is InChI=1S/C21H26N4O3/c1-14-12-25(13-15(2)28-14)19-10-18(17-7-3-4-9-27-21(17)24-19)20(26)23-16-6-5-8-22-11-16/h5-6,8,10-11,14-15H,3-4,7,9,12-13H2,1-2H3,(H,23,26). The lowest BCUT2D eigenvalue weighted by atomic mass is 10.0. The van der Waals surface area contributed by atoms with Gasteiger partial charge in [0.25, 0.3) is 5.91 Å². The maximum Gasteiger partial charge on any atom is 0.256 e. The summed E-state index contributed by atoms with van der Waals surface area (Å²) in [5.74, 6) is 1.19. The van der Waals surface area contributed by atoms with Crippen molar-refractivity contribution >= 4 is 17.4 Å². The number of pyridine rings is 2. The van der Waals surface area contributed by atoms with Gasteiger partial charge in [0.2, 0.25) is 5.88 Å². The minimum Gasteiger partial charge on any atom is -0.477 e. The van der Waals surface area contributed by atoms with Crippen LogP contribution in [0.25, 0.3) is 0 Å². The van der Waals surface area contributed by atoms with E-state index in [0.717, 1.165) is 43.7 Å². The first-order valence-corrected chi connectivity index (χ1v) is 9.88. The summed E-state index contributed by atoms with van der Waals surface area (Å²) in [4.78, 5) is 24.1. The molecule has 148 valence electrons. The second kappa shape index (κ2) is 8.14. The molecule has 1 amide bonds. The Balaban J connectivity index is 1.70. The minimum absolute atomic E-state index is 0.109. The molecule has 1 saturated heterocycles. The van der Waals surface area contributed by atoms with E-state index in [-0.39, 0.29) is 18.1 Å². The van der Waals surface area contributed by atoms with Crippen LogP contribution in [0.15, 0.2) is 30.6 Å². The molecule has 2 aromatic heterocycles. The second-order valence-corrected chi connectivity index (χ2v) is 7.48. The SMILES string of the molecule is CC1CN(c2cc(C(=O)Nc3cccnc3)c3c(n2)OCCCC3)CC(C)O1. The predicted octanol–water partition coefficient (Wildman–Crippen LogP) is 3.06. The molecule has 28 heavy (non-hydrogen) atoms. The maximum atomic E-state index is 13.1. The molecule has 1 N–H and O–H groups in total. The fourth-order valence-corrected chi connectivity index (χ4v) is 3.83. The second-order valence-electron chi connectivity index (χ2n) is 7.48. The third-order valence-electron chi connectivity index (χ3n) is 5.04. The molecule has 2 aliphatic rings. The topological polar surface area (TPSA) is 76.6 Å². The van der Waals surface area contributed by atoms with Crippen LogP contribution in [-0.2, 0) is 11.2 Å². The van der Waals surface area contributed by atoms with Gasteiger partial charge in [-0.1, -0.05) is 0 Å². The smallest absolute Gasteiger partial charge is 0.256 e. The highest BCUT2D eigenvalue weighted by Crippen LogP contribution is 2.31. The van der Waals surface area contributed by atoms with Crippen LogP contribution in [0.4, 0.5) is 11.5 Å². The summed E-state index contributed by atoms with van der Waals surface area (Å²) >= 11 is 0. The van der Waals surface area contributed by atoms with Crippen LogP contribution in [0, 0.1) is 0 Å². The number of amides is 1. The van der Waals surface area contributed by atoms with Crippen LogP contribution in [0.1, 0.15) is 42.6 Å². The molecule has 4 rings (SSSR count). The number of fused-ring (bicyclic) bond motifs is 1. The fraction of sp³-hybridized carbons (Fsp3) is 0.476. The number of rotatable bonds is 3. The first kappa shape index (κ1) is 18.7. The Morgan fingerprint density at radius 1 is 1.25 bits per heavy atom. The lowest BCUT2D eigenvalue weighted by Gasteiger charge is -2.36. The van der Waals surface area contributed by atoms with Gasteiger partial charge in [0.1, 0.15) is 5.82 Å². The van der Waals surface area contributed by atoms with Gasteiger partial charge in [-0.25, -0.2) is 0 Å². The van der Waals surface area contributed by atoms with Gasteiger partial charge >= 0.3 is 0 Å². The molecule has 2 aromatic rings. The number of carbonyl (C=O) groups excluding carboxylic acids is 1. The van der Waals surface area contributed by atoms with Gasteiger partial charge < -0.3 is 19.7 Å². The highest BCUT2D eigenvalue weighted by atomic mass is 16.5. The number of nitrogens with one attached hydrogen (secondary N) is 1. The van der Waals surface area contributed by atoms with E-state index in [1.165, 1.54) is 0 Å². The Hall–Kier alpha value is -2.67. The largest absolute Gasteiger partial charge is 0.477 e. The molecule has 0 spiro atoms. The summed E-state index contributed by atoms with van der Waals surface area (Å²) in [5.41, 5.74) is 2.18. The Bertz CT molecular complexity index is 833. The van der Waals surface area contributed by atoms with Crippen LogP contribution in [0.3, 0.4) is 0 Å². The zero-order valence-corrected chi connectivity index (χ0v) is 16.4. The van der Waals surface area contributed by atoms with Crippen molar-refractivity contribution in [2.75, 3.05) is 29.9 Å². The van der Waals surface area contributed by atoms with E-state index in [9.17, 15) is 4.79 Å². The van der Waals surface area contributed by atoms with Gasteiger partial charge in [0.05, 0.1) is 36.3 Å². The number of aromatic nitrogens is 2. The van der Waals surface area contributed by atoms with Crippen molar-refractivity contribution in [1.82, 2.24) is 9.97 Å². The van der Waals surface area contributed by atoms with E-state index < -0.39 is 0 Å². The maximum absolute atomic E-state index is 13.1. The van der Waals surface area contributed by atoms with Gasteiger partial charge in [-0.2, -0.15) is 4.98 Å². The Morgan fingerprint density at radius 2 is 2.07 bits per heavy atom. The molecule has 0 aliphatic carbocycles. The molecular weight excluding hydrogens is 356 g/mol. The van der Waals surface area contributed by atoms with Crippen molar-refractivity contribution in [3.63, 3.8) is 0 Å². The molecule has 0 aromatic carbocycles. The third-order valence-corrected chi connectivity index (χ3v) is 5.04. The van der Waals surface area contributed by atoms with Crippen LogP contribution in [-0.4, -0.2) is 47.8 Å². The molecule has 7 nitrogen and oxygen atoms in total. The van der Waals surface area contributed by atoms with E-state index >= 15 is 0 Å².